The number of hydrogen-bond donors (Lipinski definition) is 1. The van der Waals surface area contributed by atoms with Crippen LogP contribution >= 0.6 is 11.6 Å². The maximum atomic E-state index is 12.2. The number of methoxy groups -OCH3 is 2. The third kappa shape index (κ3) is 3.92. The van der Waals surface area contributed by atoms with Gasteiger partial charge in [0.2, 0.25) is 0 Å². The zero-order valence-electron chi connectivity index (χ0n) is 12.4. The Bertz CT molecular complexity index is 728. The lowest BCUT2D eigenvalue weighted by molar-refractivity contribution is 0.0730. The SMILES string of the molecule is COc1ccc(C(=O)Oc2c(Cl)cc(/C=N/O)cc2OC)cc1. The molecule has 0 atom stereocenters. The largest absolute Gasteiger partial charge is 0.497 e. The number of esters is 1. The van der Waals surface area contributed by atoms with E-state index in [1.54, 1.807) is 24.3 Å². The normalized spacial score (nSPS) is 10.6. The molecule has 0 bridgehead atoms. The molecule has 0 amide bonds. The zero-order valence-corrected chi connectivity index (χ0v) is 13.2. The molecule has 23 heavy (non-hydrogen) atoms. The second kappa shape index (κ2) is 7.51. The fraction of sp³-hybridized carbons (Fsp3) is 0.125. The summed E-state index contributed by atoms with van der Waals surface area (Å²) in [5.41, 5.74) is 0.837. The van der Waals surface area contributed by atoms with Gasteiger partial charge in [-0.15, -0.1) is 0 Å². The van der Waals surface area contributed by atoms with Gasteiger partial charge in [0.05, 0.1) is 31.0 Å². The van der Waals surface area contributed by atoms with E-state index in [1.165, 1.54) is 32.6 Å². The predicted molar refractivity (Wildman–Crippen MR) is 85.3 cm³/mol. The van der Waals surface area contributed by atoms with Crippen LogP contribution in [0.4, 0.5) is 0 Å². The van der Waals surface area contributed by atoms with Gasteiger partial charge in [0.1, 0.15) is 5.75 Å². The molecule has 0 saturated carbocycles. The van der Waals surface area contributed by atoms with Crippen molar-refractivity contribution in [3.63, 3.8) is 0 Å². The van der Waals surface area contributed by atoms with Crippen molar-refractivity contribution in [2.75, 3.05) is 14.2 Å². The molecular formula is C16H14ClNO5. The summed E-state index contributed by atoms with van der Waals surface area (Å²) in [4.78, 5) is 12.2. The van der Waals surface area contributed by atoms with Gasteiger partial charge in [-0.05, 0) is 36.4 Å². The Kier molecular flexibility index (Phi) is 5.43. The van der Waals surface area contributed by atoms with E-state index in [-0.39, 0.29) is 16.5 Å². The van der Waals surface area contributed by atoms with Crippen molar-refractivity contribution in [3.8, 4) is 17.2 Å². The van der Waals surface area contributed by atoms with Crippen LogP contribution in [0.25, 0.3) is 0 Å². The van der Waals surface area contributed by atoms with Crippen LogP contribution in [0.3, 0.4) is 0 Å². The smallest absolute Gasteiger partial charge is 0.343 e. The van der Waals surface area contributed by atoms with Crippen LogP contribution in [0.1, 0.15) is 15.9 Å². The van der Waals surface area contributed by atoms with E-state index in [2.05, 4.69) is 5.16 Å². The molecular weight excluding hydrogens is 322 g/mol. The zero-order chi connectivity index (χ0) is 16.8. The highest BCUT2D eigenvalue weighted by Crippen LogP contribution is 2.36. The van der Waals surface area contributed by atoms with Gasteiger partial charge in [-0.25, -0.2) is 4.79 Å². The molecule has 7 heteroatoms. The molecule has 0 aliphatic carbocycles. The lowest BCUT2D eigenvalue weighted by Gasteiger charge is -2.12. The van der Waals surface area contributed by atoms with E-state index in [0.717, 1.165) is 0 Å². The lowest BCUT2D eigenvalue weighted by Crippen LogP contribution is -2.10. The summed E-state index contributed by atoms with van der Waals surface area (Å²) in [6.07, 6.45) is 1.18. The van der Waals surface area contributed by atoms with Crippen molar-refractivity contribution in [1.29, 1.82) is 0 Å². The fourth-order valence-electron chi connectivity index (χ4n) is 1.86. The van der Waals surface area contributed by atoms with Gasteiger partial charge in [-0.3, -0.25) is 0 Å². The number of halogens is 1. The molecule has 0 unspecified atom stereocenters. The summed E-state index contributed by atoms with van der Waals surface area (Å²) in [6, 6.07) is 9.47. The van der Waals surface area contributed by atoms with Gasteiger partial charge < -0.3 is 19.4 Å². The van der Waals surface area contributed by atoms with Gasteiger partial charge in [-0.2, -0.15) is 0 Å². The van der Waals surface area contributed by atoms with Crippen molar-refractivity contribution in [2.45, 2.75) is 0 Å². The molecule has 0 radical (unpaired) electrons. The van der Waals surface area contributed by atoms with Gasteiger partial charge in [0, 0.05) is 5.56 Å². The topological polar surface area (TPSA) is 77.4 Å². The van der Waals surface area contributed by atoms with Crippen LogP contribution in [0.15, 0.2) is 41.6 Å². The Morgan fingerprint density at radius 1 is 1.17 bits per heavy atom. The first-order chi connectivity index (χ1) is 11.1. The van der Waals surface area contributed by atoms with Crippen LogP contribution in [-0.4, -0.2) is 31.6 Å². The first-order valence-electron chi connectivity index (χ1n) is 6.50. The molecule has 2 aromatic carbocycles. The third-order valence-electron chi connectivity index (χ3n) is 2.98. The third-order valence-corrected chi connectivity index (χ3v) is 3.26. The van der Waals surface area contributed by atoms with E-state index in [9.17, 15) is 4.79 Å². The number of rotatable bonds is 5. The van der Waals surface area contributed by atoms with Crippen LogP contribution in [0.5, 0.6) is 17.2 Å². The van der Waals surface area contributed by atoms with Gasteiger partial charge >= 0.3 is 5.97 Å². The summed E-state index contributed by atoms with van der Waals surface area (Å²) < 4.78 is 15.5. The quantitative estimate of drug-likeness (QED) is 0.298. The molecule has 6 nitrogen and oxygen atoms in total. The van der Waals surface area contributed by atoms with E-state index >= 15 is 0 Å². The van der Waals surface area contributed by atoms with Crippen LogP contribution in [-0.2, 0) is 0 Å². The Hall–Kier alpha value is -2.73. The molecule has 0 heterocycles. The van der Waals surface area contributed by atoms with Crippen LogP contribution in [0, 0.1) is 0 Å². The minimum absolute atomic E-state index is 0.0880. The maximum absolute atomic E-state index is 12.2. The Labute approximate surface area is 137 Å². The number of benzene rings is 2. The Morgan fingerprint density at radius 3 is 2.43 bits per heavy atom. The second-order valence-corrected chi connectivity index (χ2v) is 4.80. The molecule has 0 saturated heterocycles. The van der Waals surface area contributed by atoms with Gasteiger partial charge in [0.15, 0.2) is 11.5 Å². The lowest BCUT2D eigenvalue weighted by atomic mass is 10.2. The number of oxime groups is 1. The van der Waals surface area contributed by atoms with Crippen molar-refractivity contribution in [2.24, 2.45) is 5.16 Å². The summed E-state index contributed by atoms with van der Waals surface area (Å²) in [5, 5.41) is 11.6. The minimum atomic E-state index is -0.587. The Balaban J connectivity index is 2.29. The molecule has 1 N–H and O–H groups in total. The van der Waals surface area contributed by atoms with E-state index in [0.29, 0.717) is 16.9 Å². The molecule has 2 rings (SSSR count). The predicted octanol–water partition coefficient (Wildman–Crippen LogP) is 3.38. The summed E-state index contributed by atoms with van der Waals surface area (Å²) in [7, 11) is 2.95. The van der Waals surface area contributed by atoms with E-state index < -0.39 is 5.97 Å². The number of hydrogen-bond acceptors (Lipinski definition) is 6. The van der Waals surface area contributed by atoms with Crippen LogP contribution in [0.2, 0.25) is 5.02 Å². The Morgan fingerprint density at radius 2 is 1.87 bits per heavy atom. The molecule has 2 aromatic rings. The number of ether oxygens (including phenoxy) is 3. The first kappa shape index (κ1) is 16.6. The van der Waals surface area contributed by atoms with Gasteiger partial charge in [-0.1, -0.05) is 16.8 Å². The van der Waals surface area contributed by atoms with Crippen molar-refractivity contribution in [1.82, 2.24) is 0 Å². The molecule has 0 spiro atoms. The molecule has 0 fully saturated rings. The summed E-state index contributed by atoms with van der Waals surface area (Å²) >= 11 is 6.11. The van der Waals surface area contributed by atoms with E-state index in [4.69, 9.17) is 31.0 Å². The molecule has 0 aromatic heterocycles. The fourth-order valence-corrected chi connectivity index (χ4v) is 2.12. The number of carbonyl (C=O) groups excluding carboxylic acids is 1. The number of nitrogens with zero attached hydrogens (tertiary/aromatic N) is 1. The van der Waals surface area contributed by atoms with E-state index in [1.807, 2.05) is 0 Å². The van der Waals surface area contributed by atoms with Crippen molar-refractivity contribution < 1.29 is 24.2 Å². The monoisotopic (exact) mass is 335 g/mol. The van der Waals surface area contributed by atoms with Gasteiger partial charge in [0.25, 0.3) is 0 Å². The highest BCUT2D eigenvalue weighted by Gasteiger charge is 2.17. The summed E-state index contributed by atoms with van der Waals surface area (Å²) in [6.45, 7) is 0. The van der Waals surface area contributed by atoms with Crippen molar-refractivity contribution in [3.05, 3.63) is 52.5 Å². The average Bonchev–Trinajstić information content (AvgIpc) is 2.57. The maximum Gasteiger partial charge on any atom is 0.343 e. The molecule has 120 valence electrons. The van der Waals surface area contributed by atoms with Crippen LogP contribution < -0.4 is 14.2 Å². The summed E-state index contributed by atoms with van der Waals surface area (Å²) in [5.74, 6) is 0.376. The molecule has 0 aliphatic heterocycles. The standard InChI is InChI=1S/C16H14ClNO5/c1-21-12-5-3-11(4-6-12)16(19)23-15-13(17)7-10(9-18-20)8-14(15)22-2/h3-9,20H,1-2H3/b18-9+. The average molecular weight is 336 g/mol. The van der Waals surface area contributed by atoms with Crippen molar-refractivity contribution >= 4 is 23.8 Å². The first-order valence-corrected chi connectivity index (χ1v) is 6.88. The minimum Gasteiger partial charge on any atom is -0.497 e. The second-order valence-electron chi connectivity index (χ2n) is 4.40. The molecule has 0 aliphatic rings. The number of carbonyl (C=O) groups is 1. The highest BCUT2D eigenvalue weighted by molar-refractivity contribution is 6.32. The highest BCUT2D eigenvalue weighted by atomic mass is 35.5.